The molecule has 0 saturated carbocycles. The van der Waals surface area contributed by atoms with Gasteiger partial charge in [-0.3, -0.25) is 19.2 Å². The number of amides is 2. The van der Waals surface area contributed by atoms with E-state index in [0.29, 0.717) is 22.5 Å². The summed E-state index contributed by atoms with van der Waals surface area (Å²) < 4.78 is 0. The van der Waals surface area contributed by atoms with Crippen LogP contribution in [-0.4, -0.2) is 34.8 Å². The summed E-state index contributed by atoms with van der Waals surface area (Å²) in [5.41, 5.74) is 3.91. The Labute approximate surface area is 215 Å². The highest BCUT2D eigenvalue weighted by Crippen LogP contribution is 2.39. The minimum absolute atomic E-state index is 0.128. The van der Waals surface area contributed by atoms with Crippen LogP contribution in [0.4, 0.5) is 22.7 Å². The van der Waals surface area contributed by atoms with Gasteiger partial charge < -0.3 is 10.6 Å². The number of rotatable bonds is 2. The standard InChI is InChI=1S/C30H16N4O4/c35-27-18-10-6-14-22(32-26-16-8-2-4-12-20(16)34-30(26)38)24(18)28(36)17-9-5-13-21(23(17)27)31-25-15-7-1-3-11-19(15)33-29(25)37/h1-14H,(H,31,33,37)(H,32,34,38). The number of carbonyl (C=O) groups excluding carboxylic acids is 4. The highest BCUT2D eigenvalue weighted by molar-refractivity contribution is 6.55. The molecule has 0 fully saturated rings. The molecule has 2 N–H and O–H groups in total. The van der Waals surface area contributed by atoms with Gasteiger partial charge in [-0.05, 0) is 24.3 Å². The molecule has 0 aromatic heterocycles. The molecule has 7 rings (SSSR count). The maximum Gasteiger partial charge on any atom is 0.275 e. The monoisotopic (exact) mass is 496 g/mol. The molecule has 2 heterocycles. The van der Waals surface area contributed by atoms with Gasteiger partial charge in [0.25, 0.3) is 11.8 Å². The average Bonchev–Trinajstić information content (AvgIpc) is 3.42. The molecule has 180 valence electrons. The lowest BCUT2D eigenvalue weighted by Crippen LogP contribution is -2.22. The lowest BCUT2D eigenvalue weighted by Gasteiger charge is -2.20. The van der Waals surface area contributed by atoms with Gasteiger partial charge in [0.2, 0.25) is 0 Å². The maximum atomic E-state index is 13.8. The van der Waals surface area contributed by atoms with E-state index in [2.05, 4.69) is 20.6 Å². The van der Waals surface area contributed by atoms with Gasteiger partial charge >= 0.3 is 0 Å². The molecule has 2 aliphatic heterocycles. The molecular weight excluding hydrogens is 480 g/mol. The van der Waals surface area contributed by atoms with Gasteiger partial charge in [0.15, 0.2) is 11.6 Å². The molecule has 4 aromatic carbocycles. The predicted octanol–water partition coefficient (Wildman–Crippen LogP) is 4.61. The third-order valence-electron chi connectivity index (χ3n) is 6.78. The van der Waals surface area contributed by atoms with Gasteiger partial charge in [-0.15, -0.1) is 0 Å². The first kappa shape index (κ1) is 21.8. The van der Waals surface area contributed by atoms with Crippen LogP contribution in [0.2, 0.25) is 0 Å². The molecule has 2 amide bonds. The van der Waals surface area contributed by atoms with Crippen LogP contribution in [0.25, 0.3) is 0 Å². The first-order valence-corrected chi connectivity index (χ1v) is 11.9. The van der Waals surface area contributed by atoms with Crippen molar-refractivity contribution in [3.8, 4) is 0 Å². The number of para-hydroxylation sites is 2. The fraction of sp³-hybridized carbons (Fsp3) is 0. The van der Waals surface area contributed by atoms with Crippen molar-refractivity contribution in [3.05, 3.63) is 118 Å². The largest absolute Gasteiger partial charge is 0.320 e. The van der Waals surface area contributed by atoms with Crippen molar-refractivity contribution >= 4 is 57.6 Å². The Bertz CT molecular complexity index is 1720. The number of nitrogens with zero attached hydrogens (tertiary/aromatic N) is 2. The molecule has 0 bridgehead atoms. The zero-order valence-electron chi connectivity index (χ0n) is 19.6. The molecule has 0 atom stereocenters. The first-order valence-electron chi connectivity index (χ1n) is 11.9. The highest BCUT2D eigenvalue weighted by Gasteiger charge is 2.35. The van der Waals surface area contributed by atoms with Crippen molar-refractivity contribution in [2.45, 2.75) is 0 Å². The molecule has 8 nitrogen and oxygen atoms in total. The second-order valence-corrected chi connectivity index (χ2v) is 8.98. The number of hydrogen-bond acceptors (Lipinski definition) is 6. The molecule has 1 aliphatic carbocycles. The van der Waals surface area contributed by atoms with E-state index < -0.39 is 11.6 Å². The SMILES string of the molecule is O=C1Nc2ccccc2C1=Nc1cccc2c1C(=O)c1cccc(N=C3C(=O)Nc4ccccc43)c1C2=O. The van der Waals surface area contributed by atoms with E-state index in [1.807, 2.05) is 0 Å². The number of fused-ring (bicyclic) bond motifs is 4. The van der Waals surface area contributed by atoms with Gasteiger partial charge in [-0.2, -0.15) is 0 Å². The summed E-state index contributed by atoms with van der Waals surface area (Å²) in [6.45, 7) is 0. The van der Waals surface area contributed by atoms with Gasteiger partial charge in [-0.1, -0.05) is 60.7 Å². The number of benzene rings is 4. The van der Waals surface area contributed by atoms with Crippen LogP contribution in [0.3, 0.4) is 0 Å². The molecule has 4 aromatic rings. The summed E-state index contributed by atoms with van der Waals surface area (Å²) >= 11 is 0. The second kappa shape index (κ2) is 8.01. The van der Waals surface area contributed by atoms with E-state index in [9.17, 15) is 19.2 Å². The first-order chi connectivity index (χ1) is 18.5. The third kappa shape index (κ3) is 3.10. The van der Waals surface area contributed by atoms with Crippen molar-refractivity contribution in [1.82, 2.24) is 0 Å². The van der Waals surface area contributed by atoms with Crippen LogP contribution in [0.15, 0.2) is 94.9 Å². The number of carbonyl (C=O) groups is 4. The summed E-state index contributed by atoms with van der Waals surface area (Å²) in [6, 6.07) is 23.9. The average molecular weight is 496 g/mol. The Balaban J connectivity index is 1.37. The van der Waals surface area contributed by atoms with Crippen molar-refractivity contribution in [1.29, 1.82) is 0 Å². The second-order valence-electron chi connectivity index (χ2n) is 8.98. The third-order valence-corrected chi connectivity index (χ3v) is 6.78. The van der Waals surface area contributed by atoms with Gasteiger partial charge in [0, 0.05) is 22.3 Å². The van der Waals surface area contributed by atoms with Crippen molar-refractivity contribution in [3.63, 3.8) is 0 Å². The zero-order chi connectivity index (χ0) is 26.0. The lowest BCUT2D eigenvalue weighted by molar-refractivity contribution is -0.110. The van der Waals surface area contributed by atoms with E-state index >= 15 is 0 Å². The quantitative estimate of drug-likeness (QED) is 0.371. The summed E-state index contributed by atoms with van der Waals surface area (Å²) in [5, 5.41) is 5.53. The summed E-state index contributed by atoms with van der Waals surface area (Å²) in [6.07, 6.45) is 0. The highest BCUT2D eigenvalue weighted by atomic mass is 16.2. The van der Waals surface area contributed by atoms with Crippen LogP contribution in [0.5, 0.6) is 0 Å². The van der Waals surface area contributed by atoms with Crippen molar-refractivity contribution in [2.75, 3.05) is 10.6 Å². The summed E-state index contributed by atoms with van der Waals surface area (Å²) in [5.74, 6) is -1.57. The minimum atomic E-state index is -0.403. The van der Waals surface area contributed by atoms with Crippen molar-refractivity contribution < 1.29 is 19.2 Å². The number of anilines is 2. The molecule has 0 unspecified atom stereocenters. The van der Waals surface area contributed by atoms with Gasteiger partial charge in [-0.25, -0.2) is 9.98 Å². The van der Waals surface area contributed by atoms with E-state index in [1.54, 1.807) is 84.9 Å². The van der Waals surface area contributed by atoms with E-state index in [4.69, 9.17) is 0 Å². The molecule has 3 aliphatic rings. The molecule has 8 heteroatoms. The smallest absolute Gasteiger partial charge is 0.275 e. The molecule has 38 heavy (non-hydrogen) atoms. The lowest BCUT2D eigenvalue weighted by atomic mass is 9.82. The molecule has 0 radical (unpaired) electrons. The Morgan fingerprint density at radius 2 is 0.842 bits per heavy atom. The summed E-state index contributed by atoms with van der Waals surface area (Å²) in [4.78, 5) is 61.9. The minimum Gasteiger partial charge on any atom is -0.320 e. The van der Waals surface area contributed by atoms with Crippen LogP contribution in [-0.2, 0) is 9.59 Å². The van der Waals surface area contributed by atoms with Crippen LogP contribution in [0.1, 0.15) is 43.0 Å². The van der Waals surface area contributed by atoms with Crippen LogP contribution < -0.4 is 10.6 Å². The van der Waals surface area contributed by atoms with E-state index in [0.717, 1.165) is 0 Å². The normalized spacial score (nSPS) is 17.2. The number of ketones is 2. The van der Waals surface area contributed by atoms with E-state index in [1.165, 1.54) is 0 Å². The Hall–Kier alpha value is -5.50. The molecule has 0 saturated heterocycles. The Kier molecular flexibility index (Phi) is 4.58. The summed E-state index contributed by atoms with van der Waals surface area (Å²) in [7, 11) is 0. The Morgan fingerprint density at radius 1 is 0.447 bits per heavy atom. The Morgan fingerprint density at radius 3 is 1.29 bits per heavy atom. The van der Waals surface area contributed by atoms with Crippen LogP contribution >= 0.6 is 0 Å². The number of nitrogens with one attached hydrogen (secondary N) is 2. The number of aliphatic imine (C=N–C) groups is 2. The number of hydrogen-bond donors (Lipinski definition) is 2. The van der Waals surface area contributed by atoms with Gasteiger partial charge in [0.05, 0.1) is 33.9 Å². The van der Waals surface area contributed by atoms with Crippen LogP contribution in [0, 0.1) is 0 Å². The maximum absolute atomic E-state index is 13.8. The topological polar surface area (TPSA) is 117 Å². The molecular formula is C30H16N4O4. The fourth-order valence-corrected chi connectivity index (χ4v) is 5.06. The molecule has 0 spiro atoms. The van der Waals surface area contributed by atoms with Gasteiger partial charge in [0.1, 0.15) is 11.4 Å². The van der Waals surface area contributed by atoms with E-state index in [-0.39, 0.29) is 56.9 Å². The fourth-order valence-electron chi connectivity index (χ4n) is 5.06. The van der Waals surface area contributed by atoms with Crippen molar-refractivity contribution in [2.24, 2.45) is 9.98 Å². The predicted molar refractivity (Wildman–Crippen MR) is 142 cm³/mol. The zero-order valence-corrected chi connectivity index (χ0v) is 19.6.